The first-order valence-electron chi connectivity index (χ1n) is 11.7. The molecule has 3 amide bonds. The van der Waals surface area contributed by atoms with Crippen LogP contribution in [-0.4, -0.2) is 51.5 Å². The molecule has 38 heavy (non-hydrogen) atoms. The zero-order valence-corrected chi connectivity index (χ0v) is 20.9. The molecule has 0 bridgehead atoms. The molecular weight excluding hydrogens is 526 g/mol. The number of halogens is 4. The molecule has 1 aliphatic carbocycles. The number of nitrogens with zero attached hydrogens (tertiary/aromatic N) is 3. The number of imide groups is 1. The summed E-state index contributed by atoms with van der Waals surface area (Å²) in [4.78, 5) is 45.5. The monoisotopic (exact) mass is 548 g/mol. The molecule has 1 fully saturated rings. The largest absolute Gasteiger partial charge is 0.427 e. The molecule has 1 saturated heterocycles. The normalized spacial score (nSPS) is 20.0. The number of amides is 3. The molecule has 2 aromatic carbocycles. The Bertz CT molecular complexity index is 1390. The van der Waals surface area contributed by atoms with Crippen LogP contribution in [0.3, 0.4) is 0 Å². The third-order valence-corrected chi connectivity index (χ3v) is 8.45. The van der Waals surface area contributed by atoms with Gasteiger partial charge in [-0.15, -0.1) is 0 Å². The lowest BCUT2D eigenvalue weighted by Crippen LogP contribution is -2.51. The summed E-state index contributed by atoms with van der Waals surface area (Å²) in [7, 11) is -0.301. The van der Waals surface area contributed by atoms with Crippen molar-refractivity contribution in [2.24, 2.45) is 0 Å². The van der Waals surface area contributed by atoms with Crippen molar-refractivity contribution in [3.63, 3.8) is 0 Å². The third-order valence-electron chi connectivity index (χ3n) is 6.89. The highest BCUT2D eigenvalue weighted by atomic mass is 32.2. The molecule has 198 valence electrons. The number of carbonyl (C=O) groups is 3. The van der Waals surface area contributed by atoms with Gasteiger partial charge >= 0.3 is 12.3 Å². The highest BCUT2D eigenvalue weighted by Crippen LogP contribution is 2.47. The van der Waals surface area contributed by atoms with Gasteiger partial charge in [0.2, 0.25) is 17.0 Å². The predicted molar refractivity (Wildman–Crippen MR) is 129 cm³/mol. The summed E-state index contributed by atoms with van der Waals surface area (Å²) >= 11 is 0. The number of aryl methyl sites for hydroxylation is 1. The molecule has 0 radical (unpaired) electrons. The number of aromatic nitrogens is 1. The Morgan fingerprint density at radius 3 is 2.61 bits per heavy atom. The summed E-state index contributed by atoms with van der Waals surface area (Å²) < 4.78 is 59.6. The maximum absolute atomic E-state index is 13.6. The van der Waals surface area contributed by atoms with Gasteiger partial charge in [0, 0.05) is 35.1 Å². The first kappa shape index (κ1) is 25.8. The second-order valence-corrected chi connectivity index (χ2v) is 10.9. The molecule has 5 rings (SSSR count). The van der Waals surface area contributed by atoms with E-state index in [1.807, 2.05) is 17.5 Å². The fourth-order valence-corrected chi connectivity index (χ4v) is 6.04. The smallest absolute Gasteiger partial charge is 0.418 e. The highest BCUT2D eigenvalue weighted by molar-refractivity contribution is 7.36. The minimum absolute atomic E-state index is 0.164. The minimum Gasteiger partial charge on any atom is -0.427 e. The van der Waals surface area contributed by atoms with Gasteiger partial charge in [-0.2, -0.15) is 13.2 Å². The second-order valence-electron chi connectivity index (χ2n) is 9.18. The number of hydrogen-bond donors (Lipinski definition) is 0. The van der Waals surface area contributed by atoms with Gasteiger partial charge in [-0.25, -0.2) is 19.1 Å². The Labute approximate surface area is 217 Å². The van der Waals surface area contributed by atoms with Crippen LogP contribution in [0.5, 0.6) is 0 Å². The number of hydrogen-bond acceptors (Lipinski definition) is 5. The lowest BCUT2D eigenvalue weighted by Gasteiger charge is -2.31. The number of carbonyl (C=O) groups excluding carboxylic acids is 3. The molecule has 2 heterocycles. The summed E-state index contributed by atoms with van der Waals surface area (Å²) in [5.74, 6) is -2.46. The Morgan fingerprint density at radius 2 is 1.95 bits per heavy atom. The van der Waals surface area contributed by atoms with Crippen LogP contribution >= 0.6 is 10.5 Å². The van der Waals surface area contributed by atoms with E-state index in [0.717, 1.165) is 29.5 Å². The van der Waals surface area contributed by atoms with Crippen molar-refractivity contribution < 1.29 is 36.7 Å². The second kappa shape index (κ2) is 9.50. The lowest BCUT2D eigenvalue weighted by atomic mass is 9.95. The van der Waals surface area contributed by atoms with Crippen molar-refractivity contribution in [2.75, 3.05) is 6.54 Å². The van der Waals surface area contributed by atoms with E-state index < -0.39 is 54.6 Å². The SMILES string of the molecule is C[C@H](N(Cc1ccc(F)cc1)C(=O)CN1C(=O)O[C@@]2(CCc3cc(-[s+]4ccnc4)ccc32)C1=O)C(F)(F)F. The van der Waals surface area contributed by atoms with E-state index in [1.165, 1.54) is 12.1 Å². The topological polar surface area (TPSA) is 79.8 Å². The maximum Gasteiger partial charge on any atom is 0.418 e. The molecule has 3 atom stereocenters. The van der Waals surface area contributed by atoms with Gasteiger partial charge in [0.1, 0.15) is 18.4 Å². The van der Waals surface area contributed by atoms with Gasteiger partial charge in [-0.05, 0) is 48.7 Å². The molecule has 3 aromatic rings. The van der Waals surface area contributed by atoms with Crippen LogP contribution in [0, 0.1) is 5.82 Å². The van der Waals surface area contributed by atoms with Gasteiger partial charge < -0.3 is 9.64 Å². The summed E-state index contributed by atoms with van der Waals surface area (Å²) in [5.41, 5.74) is 1.77. The van der Waals surface area contributed by atoms with Crippen LogP contribution in [0.2, 0.25) is 0 Å². The van der Waals surface area contributed by atoms with E-state index in [0.29, 0.717) is 21.8 Å². The first-order chi connectivity index (χ1) is 18.0. The van der Waals surface area contributed by atoms with E-state index in [2.05, 4.69) is 4.98 Å². The molecule has 1 spiro atoms. The van der Waals surface area contributed by atoms with Crippen molar-refractivity contribution in [1.82, 2.24) is 14.8 Å². The molecule has 1 aromatic heterocycles. The Morgan fingerprint density at radius 1 is 1.21 bits per heavy atom. The van der Waals surface area contributed by atoms with Crippen molar-refractivity contribution in [1.29, 1.82) is 0 Å². The Kier molecular flexibility index (Phi) is 6.46. The summed E-state index contributed by atoms with van der Waals surface area (Å²) in [6, 6.07) is 7.92. The molecule has 2 aliphatic rings. The van der Waals surface area contributed by atoms with E-state index >= 15 is 0 Å². The number of fused-ring (bicyclic) bond motifs is 2. The predicted octanol–water partition coefficient (Wildman–Crippen LogP) is 5.06. The van der Waals surface area contributed by atoms with Crippen LogP contribution in [-0.2, 0) is 32.9 Å². The fourth-order valence-electron chi connectivity index (χ4n) is 4.78. The molecule has 7 nitrogen and oxygen atoms in total. The van der Waals surface area contributed by atoms with Crippen LogP contribution in [0.4, 0.5) is 22.4 Å². The van der Waals surface area contributed by atoms with Crippen LogP contribution < -0.4 is 0 Å². The summed E-state index contributed by atoms with van der Waals surface area (Å²) in [6.07, 6.45) is -3.54. The molecule has 1 aliphatic heterocycles. The van der Waals surface area contributed by atoms with Gasteiger partial charge in [0.25, 0.3) is 5.91 Å². The fraction of sp³-hybridized carbons (Fsp3) is 0.308. The highest BCUT2D eigenvalue weighted by Gasteiger charge is 2.59. The van der Waals surface area contributed by atoms with Gasteiger partial charge in [0.15, 0.2) is 10.3 Å². The zero-order valence-electron chi connectivity index (χ0n) is 20.1. The average molecular weight is 549 g/mol. The van der Waals surface area contributed by atoms with Crippen LogP contribution in [0.25, 0.3) is 4.90 Å². The standard InChI is InChI=1S/C26H22F4N3O4S/c1-16(26(28,29)30)32(13-17-2-4-19(27)5-3-17)22(34)14-33-23(35)25(37-24(33)36)9-8-18-12-20(6-7-21(18)25)38-11-10-31-15-38/h2-7,10-12,15-16H,8-9,13-14H2,1H3/q+1/t16-,25+,38?/m0/s1. The molecule has 0 N–H and O–H groups in total. The lowest BCUT2D eigenvalue weighted by molar-refractivity contribution is -0.187. The Balaban J connectivity index is 1.39. The minimum atomic E-state index is -4.77. The van der Waals surface area contributed by atoms with E-state index in [-0.39, 0.29) is 22.5 Å². The quantitative estimate of drug-likeness (QED) is 0.318. The summed E-state index contributed by atoms with van der Waals surface area (Å²) in [6.45, 7) is -0.602. The average Bonchev–Trinajstić information content (AvgIpc) is 3.59. The molecule has 1 unspecified atom stereocenters. The number of rotatable bonds is 6. The van der Waals surface area contributed by atoms with Gasteiger partial charge in [-0.3, -0.25) is 9.59 Å². The number of benzene rings is 2. The molecule has 12 heteroatoms. The molecule has 0 saturated carbocycles. The maximum atomic E-state index is 13.6. The zero-order chi connectivity index (χ0) is 27.2. The number of ether oxygens (including phenoxy) is 1. The van der Waals surface area contributed by atoms with Crippen molar-refractivity contribution in [3.8, 4) is 4.90 Å². The van der Waals surface area contributed by atoms with Crippen LogP contribution in [0.15, 0.2) is 59.6 Å². The van der Waals surface area contributed by atoms with E-state index in [9.17, 15) is 31.9 Å². The van der Waals surface area contributed by atoms with E-state index in [4.69, 9.17) is 4.74 Å². The number of thiazole rings is 1. The van der Waals surface area contributed by atoms with Crippen LogP contribution in [0.1, 0.15) is 30.0 Å². The van der Waals surface area contributed by atoms with Crippen molar-refractivity contribution in [2.45, 2.75) is 44.1 Å². The van der Waals surface area contributed by atoms with Gasteiger partial charge in [-0.1, -0.05) is 12.1 Å². The first-order valence-corrected chi connectivity index (χ1v) is 13.1. The molecular formula is C26H22F4N3O4S+. The number of alkyl halides is 3. The Hall–Kier alpha value is -3.80. The van der Waals surface area contributed by atoms with E-state index in [1.54, 1.807) is 17.8 Å². The van der Waals surface area contributed by atoms with Crippen molar-refractivity contribution in [3.05, 3.63) is 82.1 Å². The van der Waals surface area contributed by atoms with Gasteiger partial charge in [0.05, 0.1) is 6.20 Å². The van der Waals surface area contributed by atoms with Crippen molar-refractivity contribution >= 4 is 28.4 Å². The third kappa shape index (κ3) is 4.53. The summed E-state index contributed by atoms with van der Waals surface area (Å²) in [5, 5.41) is 1.94.